The molecule has 1 saturated carbocycles. The van der Waals surface area contributed by atoms with Crippen molar-refractivity contribution in [3.63, 3.8) is 0 Å². The summed E-state index contributed by atoms with van der Waals surface area (Å²) in [6, 6.07) is 10.4. The van der Waals surface area contributed by atoms with Crippen LogP contribution in [0.3, 0.4) is 0 Å². The zero-order chi connectivity index (χ0) is 19.2. The Morgan fingerprint density at radius 1 is 1.26 bits per heavy atom. The predicted octanol–water partition coefficient (Wildman–Crippen LogP) is 2.73. The molecule has 1 N–H and O–H groups in total. The van der Waals surface area contributed by atoms with E-state index < -0.39 is 0 Å². The van der Waals surface area contributed by atoms with E-state index in [4.69, 9.17) is 9.72 Å². The first kappa shape index (κ1) is 19.4. The zero-order valence-corrected chi connectivity index (χ0v) is 16.9. The third-order valence-electron chi connectivity index (χ3n) is 4.88. The SMILES string of the molecule is CN=C(NCc1cc(N(C)C)nc2ccccc12)N(C)CCOCC1CC1. The van der Waals surface area contributed by atoms with Crippen LogP contribution in [0.5, 0.6) is 0 Å². The van der Waals surface area contributed by atoms with Gasteiger partial charge < -0.3 is 19.9 Å². The summed E-state index contributed by atoms with van der Waals surface area (Å²) in [6.07, 6.45) is 2.65. The number of benzene rings is 1. The number of ether oxygens (including phenoxy) is 1. The highest BCUT2D eigenvalue weighted by atomic mass is 16.5. The third-order valence-corrected chi connectivity index (χ3v) is 4.88. The van der Waals surface area contributed by atoms with Crippen molar-refractivity contribution in [3.05, 3.63) is 35.9 Å². The first-order chi connectivity index (χ1) is 13.1. The van der Waals surface area contributed by atoms with Crippen molar-refractivity contribution in [3.8, 4) is 0 Å². The molecule has 6 heteroatoms. The average Bonchev–Trinajstić information content (AvgIpc) is 3.49. The van der Waals surface area contributed by atoms with Crippen molar-refractivity contribution in [2.75, 3.05) is 52.8 Å². The molecule has 0 radical (unpaired) electrons. The number of hydrogen-bond acceptors (Lipinski definition) is 4. The van der Waals surface area contributed by atoms with Crippen molar-refractivity contribution in [2.24, 2.45) is 10.9 Å². The Bertz CT molecular complexity index is 785. The largest absolute Gasteiger partial charge is 0.379 e. The molecule has 6 nitrogen and oxygen atoms in total. The predicted molar refractivity (Wildman–Crippen MR) is 112 cm³/mol. The average molecular weight is 370 g/mol. The number of guanidine groups is 1. The number of anilines is 1. The number of hydrogen-bond donors (Lipinski definition) is 1. The van der Waals surface area contributed by atoms with Gasteiger partial charge in [-0.05, 0) is 36.5 Å². The molecular formula is C21H31N5O. The van der Waals surface area contributed by atoms with Crippen LogP contribution in [0.1, 0.15) is 18.4 Å². The number of nitrogens with one attached hydrogen (secondary N) is 1. The fourth-order valence-electron chi connectivity index (χ4n) is 3.01. The van der Waals surface area contributed by atoms with Crippen LogP contribution in [-0.4, -0.2) is 63.8 Å². The molecule has 0 amide bonds. The van der Waals surface area contributed by atoms with Gasteiger partial charge in [0.2, 0.25) is 0 Å². The van der Waals surface area contributed by atoms with Crippen molar-refractivity contribution in [1.82, 2.24) is 15.2 Å². The van der Waals surface area contributed by atoms with Crippen LogP contribution in [0, 0.1) is 5.92 Å². The fraction of sp³-hybridized carbons (Fsp3) is 0.524. The Balaban J connectivity index is 1.63. The van der Waals surface area contributed by atoms with E-state index in [0.717, 1.165) is 43.0 Å². The van der Waals surface area contributed by atoms with Gasteiger partial charge in [-0.15, -0.1) is 0 Å². The molecule has 1 heterocycles. The highest BCUT2D eigenvalue weighted by Gasteiger charge is 2.21. The standard InChI is InChI=1S/C21H31N5O/c1-22-21(26(4)11-12-27-15-16-9-10-16)23-14-17-13-20(25(2)3)24-19-8-6-5-7-18(17)19/h5-8,13,16H,9-12,14-15H2,1-4H3,(H,22,23). The van der Waals surface area contributed by atoms with Crippen LogP contribution in [0.2, 0.25) is 0 Å². The number of fused-ring (bicyclic) bond motifs is 1. The van der Waals surface area contributed by atoms with Crippen molar-refractivity contribution >= 4 is 22.7 Å². The van der Waals surface area contributed by atoms with Crippen LogP contribution in [0.4, 0.5) is 5.82 Å². The van der Waals surface area contributed by atoms with E-state index in [1.807, 2.05) is 39.2 Å². The zero-order valence-electron chi connectivity index (χ0n) is 16.9. The highest BCUT2D eigenvalue weighted by Crippen LogP contribution is 2.28. The van der Waals surface area contributed by atoms with Crippen molar-refractivity contribution < 1.29 is 4.74 Å². The number of nitrogens with zero attached hydrogens (tertiary/aromatic N) is 4. The van der Waals surface area contributed by atoms with Crippen LogP contribution >= 0.6 is 0 Å². The minimum atomic E-state index is 0.698. The molecule has 0 saturated heterocycles. The quantitative estimate of drug-likeness (QED) is 0.440. The highest BCUT2D eigenvalue weighted by molar-refractivity contribution is 5.85. The van der Waals surface area contributed by atoms with Gasteiger partial charge >= 0.3 is 0 Å². The molecule has 0 atom stereocenters. The van der Waals surface area contributed by atoms with E-state index in [0.29, 0.717) is 6.54 Å². The van der Waals surface area contributed by atoms with E-state index in [1.54, 1.807) is 0 Å². The molecule has 27 heavy (non-hydrogen) atoms. The van der Waals surface area contributed by atoms with Crippen molar-refractivity contribution in [1.29, 1.82) is 0 Å². The first-order valence-electron chi connectivity index (χ1n) is 9.64. The van der Waals surface area contributed by atoms with Gasteiger partial charge in [-0.25, -0.2) is 4.98 Å². The molecular weight excluding hydrogens is 338 g/mol. The summed E-state index contributed by atoms with van der Waals surface area (Å²) in [5, 5.41) is 4.65. The molecule has 1 aromatic carbocycles. The van der Waals surface area contributed by atoms with Gasteiger partial charge in [0.1, 0.15) is 5.82 Å². The first-order valence-corrected chi connectivity index (χ1v) is 9.64. The maximum Gasteiger partial charge on any atom is 0.193 e. The summed E-state index contributed by atoms with van der Waals surface area (Å²) in [7, 11) is 7.90. The molecule has 0 spiro atoms. The minimum absolute atomic E-state index is 0.698. The number of pyridine rings is 1. The minimum Gasteiger partial charge on any atom is -0.379 e. The lowest BCUT2D eigenvalue weighted by Crippen LogP contribution is -2.40. The lowest BCUT2D eigenvalue weighted by atomic mass is 10.1. The Hall–Kier alpha value is -2.34. The summed E-state index contributed by atoms with van der Waals surface area (Å²) < 4.78 is 5.75. The van der Waals surface area contributed by atoms with Gasteiger partial charge in [0.25, 0.3) is 0 Å². The molecule has 146 valence electrons. The molecule has 1 fully saturated rings. The van der Waals surface area contributed by atoms with Gasteiger partial charge in [0, 0.05) is 53.3 Å². The molecule has 1 aliphatic carbocycles. The molecule has 0 bridgehead atoms. The monoisotopic (exact) mass is 369 g/mol. The van der Waals surface area contributed by atoms with E-state index in [2.05, 4.69) is 39.5 Å². The summed E-state index contributed by atoms with van der Waals surface area (Å²) in [6.45, 7) is 3.16. The summed E-state index contributed by atoms with van der Waals surface area (Å²) in [5.74, 6) is 2.64. The van der Waals surface area contributed by atoms with Crippen molar-refractivity contribution in [2.45, 2.75) is 19.4 Å². The number of likely N-dealkylation sites (N-methyl/N-ethyl adjacent to an activating group) is 1. The second-order valence-corrected chi connectivity index (χ2v) is 7.39. The van der Waals surface area contributed by atoms with Crippen LogP contribution in [0.25, 0.3) is 10.9 Å². The fourth-order valence-corrected chi connectivity index (χ4v) is 3.01. The van der Waals surface area contributed by atoms with Crippen LogP contribution in [0.15, 0.2) is 35.3 Å². The van der Waals surface area contributed by atoms with Gasteiger partial charge in [-0.2, -0.15) is 0 Å². The third kappa shape index (κ3) is 5.32. The van der Waals surface area contributed by atoms with Gasteiger partial charge in [-0.3, -0.25) is 4.99 Å². The Labute approximate surface area is 162 Å². The number of aliphatic imine (C=N–C) groups is 1. The molecule has 2 aromatic rings. The Kier molecular flexibility index (Phi) is 6.50. The van der Waals surface area contributed by atoms with E-state index in [-0.39, 0.29) is 0 Å². The van der Waals surface area contributed by atoms with E-state index in [1.165, 1.54) is 23.8 Å². The normalized spacial score (nSPS) is 14.4. The Morgan fingerprint density at radius 2 is 2.04 bits per heavy atom. The molecule has 3 rings (SSSR count). The molecule has 1 aliphatic rings. The number of para-hydroxylation sites is 1. The number of aromatic nitrogens is 1. The Morgan fingerprint density at radius 3 is 2.74 bits per heavy atom. The second kappa shape index (κ2) is 9.04. The summed E-state index contributed by atoms with van der Waals surface area (Å²) in [4.78, 5) is 13.3. The van der Waals surface area contributed by atoms with Gasteiger partial charge in [0.15, 0.2) is 5.96 Å². The second-order valence-electron chi connectivity index (χ2n) is 7.39. The maximum atomic E-state index is 5.75. The van der Waals surface area contributed by atoms with Gasteiger partial charge in [0.05, 0.1) is 12.1 Å². The van der Waals surface area contributed by atoms with E-state index >= 15 is 0 Å². The maximum absolute atomic E-state index is 5.75. The number of rotatable bonds is 8. The molecule has 1 aromatic heterocycles. The van der Waals surface area contributed by atoms with Crippen LogP contribution < -0.4 is 10.2 Å². The smallest absolute Gasteiger partial charge is 0.193 e. The van der Waals surface area contributed by atoms with Crippen LogP contribution in [-0.2, 0) is 11.3 Å². The lowest BCUT2D eigenvalue weighted by molar-refractivity contribution is 0.115. The summed E-state index contributed by atoms with van der Waals surface area (Å²) >= 11 is 0. The van der Waals surface area contributed by atoms with E-state index in [9.17, 15) is 0 Å². The lowest BCUT2D eigenvalue weighted by Gasteiger charge is -2.23. The van der Waals surface area contributed by atoms with Gasteiger partial charge in [-0.1, -0.05) is 18.2 Å². The summed E-state index contributed by atoms with van der Waals surface area (Å²) in [5.41, 5.74) is 2.22. The topological polar surface area (TPSA) is 53.0 Å². The molecule has 0 aliphatic heterocycles. The molecule has 0 unspecified atom stereocenters.